The average molecular weight is 221 g/mol. The Hall–Kier alpha value is -0.280. The highest BCUT2D eigenvalue weighted by Gasteiger charge is 1.97. The topological polar surface area (TPSA) is 24.9 Å². The highest BCUT2D eigenvalue weighted by atomic mass is 79.9. The van der Waals surface area contributed by atoms with Gasteiger partial charge < -0.3 is 5.32 Å². The Labute approximate surface area is 72.7 Å². The van der Waals surface area contributed by atoms with Gasteiger partial charge in [-0.15, -0.1) is 0 Å². The van der Waals surface area contributed by atoms with E-state index in [1.807, 2.05) is 0 Å². The molecule has 0 spiro atoms. The molecular formula is C6H6BrClN2. The molecule has 0 unspecified atom stereocenters. The largest absolute Gasteiger partial charge is 0.372 e. The van der Waals surface area contributed by atoms with Crippen LogP contribution in [0.4, 0.5) is 5.82 Å². The maximum Gasteiger partial charge on any atom is 0.145 e. The number of halogens is 2. The standard InChI is InChI=1S/C6H6BrClN2/c1-9-6-4(8)2-3-5(7)10-6/h2-3H,1H3,(H,9,10). The van der Waals surface area contributed by atoms with E-state index >= 15 is 0 Å². The van der Waals surface area contributed by atoms with Gasteiger partial charge in [0, 0.05) is 7.05 Å². The molecule has 10 heavy (non-hydrogen) atoms. The fourth-order valence-corrected chi connectivity index (χ4v) is 1.10. The summed E-state index contributed by atoms with van der Waals surface area (Å²) in [6, 6.07) is 3.58. The first-order valence-corrected chi connectivity index (χ1v) is 3.91. The third-order valence-electron chi connectivity index (χ3n) is 1.05. The zero-order chi connectivity index (χ0) is 7.56. The van der Waals surface area contributed by atoms with E-state index in [-0.39, 0.29) is 0 Å². The van der Waals surface area contributed by atoms with Crippen LogP contribution in [0.1, 0.15) is 0 Å². The van der Waals surface area contributed by atoms with Gasteiger partial charge in [0.05, 0.1) is 5.02 Å². The number of rotatable bonds is 1. The second kappa shape index (κ2) is 3.21. The minimum absolute atomic E-state index is 0.630. The minimum Gasteiger partial charge on any atom is -0.372 e. The molecule has 0 bridgehead atoms. The lowest BCUT2D eigenvalue weighted by molar-refractivity contribution is 1.25. The first-order chi connectivity index (χ1) is 4.74. The highest BCUT2D eigenvalue weighted by Crippen LogP contribution is 2.20. The monoisotopic (exact) mass is 220 g/mol. The van der Waals surface area contributed by atoms with Gasteiger partial charge >= 0.3 is 0 Å². The summed E-state index contributed by atoms with van der Waals surface area (Å²) in [5, 5.41) is 3.49. The van der Waals surface area contributed by atoms with Crippen LogP contribution in [0.2, 0.25) is 5.02 Å². The number of hydrogen-bond donors (Lipinski definition) is 1. The van der Waals surface area contributed by atoms with Crippen molar-refractivity contribution in [3.63, 3.8) is 0 Å². The van der Waals surface area contributed by atoms with Crippen LogP contribution in [-0.2, 0) is 0 Å². The smallest absolute Gasteiger partial charge is 0.145 e. The number of anilines is 1. The summed E-state index contributed by atoms with van der Waals surface area (Å²) < 4.78 is 0.779. The molecule has 4 heteroatoms. The summed E-state index contributed by atoms with van der Waals surface area (Å²) in [7, 11) is 1.78. The molecular weight excluding hydrogens is 215 g/mol. The van der Waals surface area contributed by atoms with Crippen molar-refractivity contribution in [1.29, 1.82) is 0 Å². The maximum absolute atomic E-state index is 5.75. The highest BCUT2D eigenvalue weighted by molar-refractivity contribution is 9.10. The second-order valence-electron chi connectivity index (χ2n) is 1.71. The summed E-state index contributed by atoms with van der Waals surface area (Å²) in [6.07, 6.45) is 0. The molecule has 1 heterocycles. The van der Waals surface area contributed by atoms with E-state index in [9.17, 15) is 0 Å². The molecule has 1 N–H and O–H groups in total. The van der Waals surface area contributed by atoms with Gasteiger partial charge in [0.1, 0.15) is 10.4 Å². The van der Waals surface area contributed by atoms with Crippen molar-refractivity contribution in [2.75, 3.05) is 12.4 Å². The van der Waals surface area contributed by atoms with E-state index in [1.165, 1.54) is 0 Å². The first-order valence-electron chi connectivity index (χ1n) is 2.74. The molecule has 1 aromatic heterocycles. The Morgan fingerprint density at radius 3 is 2.80 bits per heavy atom. The molecule has 0 saturated carbocycles. The maximum atomic E-state index is 5.75. The van der Waals surface area contributed by atoms with Gasteiger partial charge in [0.25, 0.3) is 0 Å². The number of hydrogen-bond acceptors (Lipinski definition) is 2. The zero-order valence-corrected chi connectivity index (χ0v) is 7.70. The van der Waals surface area contributed by atoms with Crippen molar-refractivity contribution in [1.82, 2.24) is 4.98 Å². The van der Waals surface area contributed by atoms with E-state index in [0.717, 1.165) is 4.60 Å². The molecule has 0 amide bonds. The molecule has 0 aromatic carbocycles. The molecule has 0 aliphatic rings. The Balaban J connectivity index is 3.09. The van der Waals surface area contributed by atoms with Crippen molar-refractivity contribution in [2.45, 2.75) is 0 Å². The summed E-state index contributed by atoms with van der Waals surface area (Å²) in [5.41, 5.74) is 0. The van der Waals surface area contributed by atoms with Crippen molar-refractivity contribution in [3.8, 4) is 0 Å². The van der Waals surface area contributed by atoms with E-state index in [4.69, 9.17) is 11.6 Å². The second-order valence-corrected chi connectivity index (χ2v) is 2.93. The number of pyridine rings is 1. The van der Waals surface area contributed by atoms with Crippen LogP contribution < -0.4 is 5.32 Å². The Kier molecular flexibility index (Phi) is 2.51. The van der Waals surface area contributed by atoms with Gasteiger partial charge in [-0.05, 0) is 28.1 Å². The lowest BCUT2D eigenvalue weighted by Gasteiger charge is -2.00. The van der Waals surface area contributed by atoms with Crippen LogP contribution in [0, 0.1) is 0 Å². The molecule has 54 valence electrons. The molecule has 1 aromatic rings. The van der Waals surface area contributed by atoms with E-state index in [1.54, 1.807) is 19.2 Å². The lowest BCUT2D eigenvalue weighted by atomic mass is 10.5. The van der Waals surface area contributed by atoms with Crippen LogP contribution in [0.5, 0.6) is 0 Å². The van der Waals surface area contributed by atoms with Crippen LogP contribution in [0.15, 0.2) is 16.7 Å². The Morgan fingerprint density at radius 1 is 1.60 bits per heavy atom. The SMILES string of the molecule is CNc1nc(Br)ccc1Cl. The van der Waals surface area contributed by atoms with Gasteiger partial charge in [0.15, 0.2) is 0 Å². The van der Waals surface area contributed by atoms with Crippen molar-refractivity contribution in [3.05, 3.63) is 21.8 Å². The first kappa shape index (κ1) is 7.82. The predicted octanol–water partition coefficient (Wildman–Crippen LogP) is 2.54. The van der Waals surface area contributed by atoms with Gasteiger partial charge in [-0.3, -0.25) is 0 Å². The molecule has 2 nitrogen and oxygen atoms in total. The van der Waals surface area contributed by atoms with Crippen molar-refractivity contribution in [2.24, 2.45) is 0 Å². The molecule has 0 saturated heterocycles. The zero-order valence-electron chi connectivity index (χ0n) is 5.36. The normalized spacial score (nSPS) is 9.50. The molecule has 0 fully saturated rings. The summed E-state index contributed by atoms with van der Waals surface area (Å²) in [5.74, 6) is 0.691. The fourth-order valence-electron chi connectivity index (χ4n) is 0.594. The van der Waals surface area contributed by atoms with E-state index < -0.39 is 0 Å². The average Bonchev–Trinajstić information content (AvgIpc) is 1.94. The van der Waals surface area contributed by atoms with Crippen LogP contribution >= 0.6 is 27.5 Å². The molecule has 0 radical (unpaired) electrons. The predicted molar refractivity (Wildman–Crippen MR) is 46.5 cm³/mol. The van der Waals surface area contributed by atoms with E-state index in [2.05, 4.69) is 26.2 Å². The fraction of sp³-hybridized carbons (Fsp3) is 0.167. The molecule has 0 aliphatic heterocycles. The Morgan fingerprint density at radius 2 is 2.30 bits per heavy atom. The van der Waals surface area contributed by atoms with Gasteiger partial charge in [-0.2, -0.15) is 0 Å². The number of nitrogens with one attached hydrogen (secondary N) is 1. The van der Waals surface area contributed by atoms with Crippen molar-refractivity contribution >= 4 is 33.3 Å². The molecule has 0 atom stereocenters. The number of nitrogens with zero attached hydrogens (tertiary/aromatic N) is 1. The van der Waals surface area contributed by atoms with Crippen molar-refractivity contribution < 1.29 is 0 Å². The van der Waals surface area contributed by atoms with Crippen LogP contribution in [0.25, 0.3) is 0 Å². The quantitative estimate of drug-likeness (QED) is 0.737. The van der Waals surface area contributed by atoms with Gasteiger partial charge in [-0.1, -0.05) is 11.6 Å². The Bertz CT molecular complexity index is 239. The van der Waals surface area contributed by atoms with Crippen LogP contribution in [0.3, 0.4) is 0 Å². The summed E-state index contributed by atoms with van der Waals surface area (Å²) in [6.45, 7) is 0. The van der Waals surface area contributed by atoms with Crippen LogP contribution in [-0.4, -0.2) is 12.0 Å². The van der Waals surface area contributed by atoms with Gasteiger partial charge in [0.2, 0.25) is 0 Å². The number of aromatic nitrogens is 1. The third kappa shape index (κ3) is 1.61. The molecule has 1 rings (SSSR count). The molecule has 0 aliphatic carbocycles. The minimum atomic E-state index is 0.630. The van der Waals surface area contributed by atoms with Gasteiger partial charge in [-0.25, -0.2) is 4.98 Å². The lowest BCUT2D eigenvalue weighted by Crippen LogP contribution is -1.92. The van der Waals surface area contributed by atoms with E-state index in [0.29, 0.717) is 10.8 Å². The third-order valence-corrected chi connectivity index (χ3v) is 1.80. The summed E-state index contributed by atoms with van der Waals surface area (Å²) >= 11 is 8.98. The summed E-state index contributed by atoms with van der Waals surface area (Å²) in [4.78, 5) is 4.06.